The lowest BCUT2D eigenvalue weighted by atomic mass is 10.2. The largest absolute Gasteiger partial charge is 0.493 e. The fraction of sp³-hybridized carbons (Fsp3) is 0.160. The van der Waals surface area contributed by atoms with Crippen LogP contribution in [0.3, 0.4) is 0 Å². The van der Waals surface area contributed by atoms with Crippen molar-refractivity contribution in [1.82, 2.24) is 25.2 Å². The van der Waals surface area contributed by atoms with Gasteiger partial charge in [0.2, 0.25) is 5.75 Å². The SMILES string of the molecule is COc1ccc(/C=N/NC(=O)CSc2nnc(-c3ccncc3)n2-c2ccc(Cl)cc2)c(OC)c1OC. The molecule has 190 valence electrons. The molecule has 0 radical (unpaired) electrons. The molecule has 2 heterocycles. The van der Waals surface area contributed by atoms with Crippen LogP contribution >= 0.6 is 23.4 Å². The number of ether oxygens (including phenoxy) is 3. The number of hydrazone groups is 1. The number of thioether (sulfide) groups is 1. The first-order chi connectivity index (χ1) is 18.0. The van der Waals surface area contributed by atoms with Crippen molar-refractivity contribution in [2.75, 3.05) is 27.1 Å². The van der Waals surface area contributed by atoms with Gasteiger partial charge in [0.15, 0.2) is 22.5 Å². The van der Waals surface area contributed by atoms with Crippen LogP contribution in [0.15, 0.2) is 71.2 Å². The molecule has 0 aliphatic carbocycles. The second kappa shape index (κ2) is 12.2. The summed E-state index contributed by atoms with van der Waals surface area (Å²) in [5.74, 6) is 1.75. The molecular formula is C25H23ClN6O4S. The van der Waals surface area contributed by atoms with Gasteiger partial charge in [-0.05, 0) is 48.5 Å². The fourth-order valence-electron chi connectivity index (χ4n) is 3.44. The number of carbonyl (C=O) groups is 1. The highest BCUT2D eigenvalue weighted by Crippen LogP contribution is 2.39. The zero-order valence-corrected chi connectivity index (χ0v) is 21.8. The van der Waals surface area contributed by atoms with Gasteiger partial charge >= 0.3 is 0 Å². The van der Waals surface area contributed by atoms with Gasteiger partial charge < -0.3 is 14.2 Å². The lowest BCUT2D eigenvalue weighted by Gasteiger charge is -2.13. The summed E-state index contributed by atoms with van der Waals surface area (Å²) in [6.45, 7) is 0. The van der Waals surface area contributed by atoms with Crippen LogP contribution in [0.5, 0.6) is 17.2 Å². The summed E-state index contributed by atoms with van der Waals surface area (Å²) >= 11 is 7.30. The smallest absolute Gasteiger partial charge is 0.250 e. The number of nitrogens with one attached hydrogen (secondary N) is 1. The van der Waals surface area contributed by atoms with Crippen molar-refractivity contribution >= 4 is 35.5 Å². The third-order valence-corrected chi connectivity index (χ3v) is 6.30. The summed E-state index contributed by atoms with van der Waals surface area (Å²) in [5.41, 5.74) is 4.78. The van der Waals surface area contributed by atoms with Gasteiger partial charge in [0.05, 0.1) is 33.3 Å². The number of halogens is 1. The molecule has 2 aromatic heterocycles. The Morgan fingerprint density at radius 1 is 1.00 bits per heavy atom. The molecule has 0 aliphatic rings. The summed E-state index contributed by atoms with van der Waals surface area (Å²) in [7, 11) is 4.57. The van der Waals surface area contributed by atoms with Crippen LogP contribution in [0.25, 0.3) is 17.1 Å². The molecule has 0 spiro atoms. The number of carbonyl (C=O) groups excluding carboxylic acids is 1. The molecule has 2 aromatic carbocycles. The average Bonchev–Trinajstić information content (AvgIpc) is 3.36. The quantitative estimate of drug-likeness (QED) is 0.181. The second-order valence-electron chi connectivity index (χ2n) is 7.36. The second-order valence-corrected chi connectivity index (χ2v) is 8.74. The summed E-state index contributed by atoms with van der Waals surface area (Å²) < 4.78 is 18.0. The third kappa shape index (κ3) is 6.01. The first-order valence-corrected chi connectivity index (χ1v) is 12.3. The van der Waals surface area contributed by atoms with E-state index in [2.05, 4.69) is 25.7 Å². The van der Waals surface area contributed by atoms with Crippen LogP contribution in [0.1, 0.15) is 5.56 Å². The third-order valence-electron chi connectivity index (χ3n) is 5.12. The maximum absolute atomic E-state index is 12.5. The van der Waals surface area contributed by atoms with Gasteiger partial charge in [-0.25, -0.2) is 5.43 Å². The van der Waals surface area contributed by atoms with Gasteiger partial charge in [0.25, 0.3) is 5.91 Å². The van der Waals surface area contributed by atoms with E-state index in [-0.39, 0.29) is 11.7 Å². The molecule has 0 saturated carbocycles. The number of methoxy groups -OCH3 is 3. The molecule has 37 heavy (non-hydrogen) atoms. The molecule has 1 amide bonds. The number of aromatic nitrogens is 4. The van der Waals surface area contributed by atoms with Gasteiger partial charge in [0.1, 0.15) is 0 Å². The van der Waals surface area contributed by atoms with Crippen molar-refractivity contribution < 1.29 is 19.0 Å². The Morgan fingerprint density at radius 3 is 2.41 bits per heavy atom. The Morgan fingerprint density at radius 2 is 1.73 bits per heavy atom. The minimum Gasteiger partial charge on any atom is -0.493 e. The molecule has 0 saturated heterocycles. The Balaban J connectivity index is 1.49. The Hall–Kier alpha value is -4.09. The highest BCUT2D eigenvalue weighted by atomic mass is 35.5. The predicted octanol–water partition coefficient (Wildman–Crippen LogP) is 4.25. The normalized spacial score (nSPS) is 10.9. The van der Waals surface area contributed by atoms with Crippen molar-refractivity contribution in [3.63, 3.8) is 0 Å². The van der Waals surface area contributed by atoms with E-state index in [1.165, 1.54) is 39.3 Å². The van der Waals surface area contributed by atoms with Crippen molar-refractivity contribution in [3.8, 4) is 34.3 Å². The zero-order valence-electron chi connectivity index (χ0n) is 20.2. The van der Waals surface area contributed by atoms with Crippen LogP contribution < -0.4 is 19.6 Å². The van der Waals surface area contributed by atoms with E-state index in [1.807, 2.05) is 28.8 Å². The van der Waals surface area contributed by atoms with E-state index in [0.29, 0.717) is 38.8 Å². The number of pyridine rings is 1. The lowest BCUT2D eigenvalue weighted by Crippen LogP contribution is -2.20. The highest BCUT2D eigenvalue weighted by molar-refractivity contribution is 7.99. The van der Waals surface area contributed by atoms with Crippen molar-refractivity contribution in [3.05, 3.63) is 71.5 Å². The topological polar surface area (TPSA) is 113 Å². The van der Waals surface area contributed by atoms with E-state index in [4.69, 9.17) is 25.8 Å². The maximum Gasteiger partial charge on any atom is 0.250 e. The summed E-state index contributed by atoms with van der Waals surface area (Å²) in [4.78, 5) is 16.6. The first-order valence-electron chi connectivity index (χ1n) is 10.9. The van der Waals surface area contributed by atoms with Crippen LogP contribution in [0, 0.1) is 0 Å². The molecule has 4 aromatic rings. The molecule has 4 rings (SSSR count). The van der Waals surface area contributed by atoms with Crippen molar-refractivity contribution in [1.29, 1.82) is 0 Å². The molecule has 1 N–H and O–H groups in total. The molecule has 0 atom stereocenters. The molecular weight excluding hydrogens is 516 g/mol. The fourth-order valence-corrected chi connectivity index (χ4v) is 4.31. The first kappa shape index (κ1) is 26.0. The van der Waals surface area contributed by atoms with Gasteiger partial charge in [-0.15, -0.1) is 10.2 Å². The van der Waals surface area contributed by atoms with E-state index < -0.39 is 0 Å². The molecule has 12 heteroatoms. The Labute approximate surface area is 222 Å². The molecule has 0 bridgehead atoms. The van der Waals surface area contributed by atoms with Crippen molar-refractivity contribution in [2.24, 2.45) is 5.10 Å². The number of hydrogen-bond donors (Lipinski definition) is 1. The maximum atomic E-state index is 12.5. The summed E-state index contributed by atoms with van der Waals surface area (Å²) in [5, 5.41) is 13.9. The van der Waals surface area contributed by atoms with Crippen LogP contribution in [-0.4, -0.2) is 59.0 Å². The summed E-state index contributed by atoms with van der Waals surface area (Å²) in [6, 6.07) is 14.5. The predicted molar refractivity (Wildman–Crippen MR) is 142 cm³/mol. The standard InChI is InChI=1S/C25H23ClN6O4S/c1-34-20-9-4-17(22(35-2)23(20)36-3)14-28-29-21(33)15-37-25-31-30-24(16-10-12-27-13-11-16)32(25)19-7-5-18(26)6-8-19/h4-14H,15H2,1-3H3,(H,29,33)/b28-14+. The highest BCUT2D eigenvalue weighted by Gasteiger charge is 2.18. The average molecular weight is 539 g/mol. The lowest BCUT2D eigenvalue weighted by molar-refractivity contribution is -0.118. The number of benzene rings is 2. The van der Waals surface area contributed by atoms with E-state index >= 15 is 0 Å². The van der Waals surface area contributed by atoms with E-state index in [1.54, 1.807) is 36.7 Å². The zero-order chi connectivity index (χ0) is 26.2. The Kier molecular flexibility index (Phi) is 8.60. The number of amides is 1. The monoisotopic (exact) mass is 538 g/mol. The molecule has 0 unspecified atom stereocenters. The van der Waals surface area contributed by atoms with E-state index in [9.17, 15) is 4.79 Å². The minimum absolute atomic E-state index is 0.0580. The summed E-state index contributed by atoms with van der Waals surface area (Å²) in [6.07, 6.45) is 4.84. The van der Waals surface area contributed by atoms with Crippen LogP contribution in [-0.2, 0) is 4.79 Å². The number of nitrogens with zero attached hydrogens (tertiary/aromatic N) is 5. The van der Waals surface area contributed by atoms with Gasteiger partial charge in [-0.1, -0.05) is 23.4 Å². The molecule has 0 aliphatic heterocycles. The molecule has 0 fully saturated rings. The molecule has 10 nitrogen and oxygen atoms in total. The van der Waals surface area contributed by atoms with Gasteiger partial charge in [-0.2, -0.15) is 5.10 Å². The number of hydrogen-bond acceptors (Lipinski definition) is 9. The minimum atomic E-state index is -0.322. The van der Waals surface area contributed by atoms with Crippen LogP contribution in [0.2, 0.25) is 5.02 Å². The van der Waals surface area contributed by atoms with Gasteiger partial charge in [0, 0.05) is 34.2 Å². The van der Waals surface area contributed by atoms with Gasteiger partial charge in [-0.3, -0.25) is 14.3 Å². The van der Waals surface area contributed by atoms with Crippen LogP contribution in [0.4, 0.5) is 0 Å². The Bertz CT molecular complexity index is 1400. The van der Waals surface area contributed by atoms with Crippen molar-refractivity contribution in [2.45, 2.75) is 5.16 Å². The number of rotatable bonds is 10. The van der Waals surface area contributed by atoms with E-state index in [0.717, 1.165) is 11.3 Å².